The van der Waals surface area contributed by atoms with Crippen molar-refractivity contribution in [3.63, 3.8) is 0 Å². The molecule has 0 radical (unpaired) electrons. The lowest BCUT2D eigenvalue weighted by Crippen LogP contribution is -2.10. The van der Waals surface area contributed by atoms with Crippen molar-refractivity contribution < 1.29 is 4.74 Å². The van der Waals surface area contributed by atoms with Crippen LogP contribution in [0, 0.1) is 0 Å². The smallest absolute Gasteiger partial charge is 0.0658 e. The summed E-state index contributed by atoms with van der Waals surface area (Å²) in [6.45, 7) is 8.10. The SMILES string of the molecule is COCCn1cc(C(C)(C)C)cn1. The fourth-order valence-electron chi connectivity index (χ4n) is 1.06. The summed E-state index contributed by atoms with van der Waals surface area (Å²) in [5.74, 6) is 0. The van der Waals surface area contributed by atoms with E-state index in [-0.39, 0.29) is 5.41 Å². The highest BCUT2D eigenvalue weighted by molar-refractivity contribution is 5.14. The summed E-state index contributed by atoms with van der Waals surface area (Å²) in [6.07, 6.45) is 4.01. The minimum absolute atomic E-state index is 0.186. The molecule has 3 heteroatoms. The van der Waals surface area contributed by atoms with Gasteiger partial charge in [0.1, 0.15) is 0 Å². The fraction of sp³-hybridized carbons (Fsp3) is 0.700. The summed E-state index contributed by atoms with van der Waals surface area (Å²) in [5.41, 5.74) is 1.45. The van der Waals surface area contributed by atoms with Gasteiger partial charge in [0.05, 0.1) is 19.3 Å². The summed E-state index contributed by atoms with van der Waals surface area (Å²) in [7, 11) is 1.70. The van der Waals surface area contributed by atoms with E-state index in [0.717, 1.165) is 6.54 Å². The van der Waals surface area contributed by atoms with Crippen molar-refractivity contribution in [1.29, 1.82) is 0 Å². The lowest BCUT2D eigenvalue weighted by molar-refractivity contribution is 0.183. The van der Waals surface area contributed by atoms with Crippen molar-refractivity contribution in [3.05, 3.63) is 18.0 Å². The standard InChI is InChI=1S/C10H18N2O/c1-10(2,3)9-7-11-12(8-9)5-6-13-4/h7-8H,5-6H2,1-4H3. The molecule has 0 N–H and O–H groups in total. The van der Waals surface area contributed by atoms with Gasteiger partial charge in [-0.25, -0.2) is 0 Å². The molecule has 0 bridgehead atoms. The summed E-state index contributed by atoms with van der Waals surface area (Å²) in [5, 5.41) is 4.26. The monoisotopic (exact) mass is 182 g/mol. The molecule has 3 nitrogen and oxygen atoms in total. The summed E-state index contributed by atoms with van der Waals surface area (Å²) in [4.78, 5) is 0. The summed E-state index contributed by atoms with van der Waals surface area (Å²) in [6, 6.07) is 0. The zero-order valence-electron chi connectivity index (χ0n) is 8.87. The maximum atomic E-state index is 4.98. The van der Waals surface area contributed by atoms with Crippen molar-refractivity contribution in [2.45, 2.75) is 32.7 Å². The van der Waals surface area contributed by atoms with Gasteiger partial charge < -0.3 is 4.74 Å². The van der Waals surface area contributed by atoms with Crippen molar-refractivity contribution in [2.24, 2.45) is 0 Å². The third-order valence-corrected chi connectivity index (χ3v) is 2.02. The number of hydrogen-bond acceptors (Lipinski definition) is 2. The van der Waals surface area contributed by atoms with Gasteiger partial charge in [-0.1, -0.05) is 20.8 Å². The minimum atomic E-state index is 0.186. The van der Waals surface area contributed by atoms with Crippen LogP contribution in [0.2, 0.25) is 0 Å². The highest BCUT2D eigenvalue weighted by Crippen LogP contribution is 2.20. The first kappa shape index (κ1) is 10.3. The molecule has 1 heterocycles. The van der Waals surface area contributed by atoms with Gasteiger partial charge in [-0.05, 0) is 11.0 Å². The van der Waals surface area contributed by atoms with E-state index in [1.165, 1.54) is 5.56 Å². The maximum Gasteiger partial charge on any atom is 0.0658 e. The second-order valence-corrected chi connectivity index (χ2v) is 4.23. The zero-order chi connectivity index (χ0) is 9.90. The van der Waals surface area contributed by atoms with Crippen LogP contribution in [0.3, 0.4) is 0 Å². The first-order valence-corrected chi connectivity index (χ1v) is 4.56. The van der Waals surface area contributed by atoms with Crippen LogP contribution in [0.1, 0.15) is 26.3 Å². The molecule has 13 heavy (non-hydrogen) atoms. The Labute approximate surface area is 79.7 Å². The van der Waals surface area contributed by atoms with Gasteiger partial charge in [0.25, 0.3) is 0 Å². The quantitative estimate of drug-likeness (QED) is 0.713. The van der Waals surface area contributed by atoms with Crippen LogP contribution in [0.5, 0.6) is 0 Å². The third kappa shape index (κ3) is 2.84. The molecular formula is C10H18N2O. The molecule has 0 atom stereocenters. The van der Waals surface area contributed by atoms with Crippen LogP contribution >= 0.6 is 0 Å². The van der Waals surface area contributed by atoms with Crippen LogP contribution in [0.25, 0.3) is 0 Å². The topological polar surface area (TPSA) is 27.1 Å². The molecule has 1 rings (SSSR count). The van der Waals surface area contributed by atoms with E-state index in [2.05, 4.69) is 32.1 Å². The second-order valence-electron chi connectivity index (χ2n) is 4.23. The predicted octanol–water partition coefficient (Wildman–Crippen LogP) is 1.83. The van der Waals surface area contributed by atoms with Crippen LogP contribution in [0.4, 0.5) is 0 Å². The molecule has 0 saturated carbocycles. The molecule has 0 aliphatic rings. The number of aromatic nitrogens is 2. The summed E-state index contributed by atoms with van der Waals surface area (Å²) < 4.78 is 6.90. The Kier molecular flexibility index (Phi) is 3.09. The van der Waals surface area contributed by atoms with Gasteiger partial charge in [-0.15, -0.1) is 0 Å². The van der Waals surface area contributed by atoms with Crippen molar-refractivity contribution in [2.75, 3.05) is 13.7 Å². The molecule has 74 valence electrons. The van der Waals surface area contributed by atoms with E-state index < -0.39 is 0 Å². The first-order chi connectivity index (χ1) is 6.04. The normalized spacial score (nSPS) is 12.0. The highest BCUT2D eigenvalue weighted by Gasteiger charge is 2.15. The van der Waals surface area contributed by atoms with Crippen molar-refractivity contribution in [3.8, 4) is 0 Å². The maximum absolute atomic E-state index is 4.98. The average molecular weight is 182 g/mol. The highest BCUT2D eigenvalue weighted by atomic mass is 16.5. The Morgan fingerprint density at radius 1 is 1.46 bits per heavy atom. The fourth-order valence-corrected chi connectivity index (χ4v) is 1.06. The Morgan fingerprint density at radius 3 is 2.62 bits per heavy atom. The van der Waals surface area contributed by atoms with E-state index in [9.17, 15) is 0 Å². The zero-order valence-corrected chi connectivity index (χ0v) is 8.87. The third-order valence-electron chi connectivity index (χ3n) is 2.02. The minimum Gasteiger partial charge on any atom is -0.383 e. The van der Waals surface area contributed by atoms with E-state index in [0.29, 0.717) is 6.61 Å². The summed E-state index contributed by atoms with van der Waals surface area (Å²) >= 11 is 0. The Hall–Kier alpha value is -0.830. The number of methoxy groups -OCH3 is 1. The lowest BCUT2D eigenvalue weighted by atomic mass is 9.90. The molecule has 1 aromatic rings. The number of hydrogen-bond donors (Lipinski definition) is 0. The average Bonchev–Trinajstić information content (AvgIpc) is 2.47. The molecule has 0 aliphatic heterocycles. The van der Waals surface area contributed by atoms with Gasteiger partial charge in [0.2, 0.25) is 0 Å². The number of ether oxygens (including phenoxy) is 1. The first-order valence-electron chi connectivity index (χ1n) is 4.56. The van der Waals surface area contributed by atoms with Gasteiger partial charge >= 0.3 is 0 Å². The van der Waals surface area contributed by atoms with E-state index >= 15 is 0 Å². The molecular weight excluding hydrogens is 164 g/mol. The van der Waals surface area contributed by atoms with E-state index in [4.69, 9.17) is 4.74 Å². The number of nitrogens with zero attached hydrogens (tertiary/aromatic N) is 2. The van der Waals surface area contributed by atoms with E-state index in [1.54, 1.807) is 7.11 Å². The van der Waals surface area contributed by atoms with Gasteiger partial charge in [-0.3, -0.25) is 4.68 Å². The van der Waals surface area contributed by atoms with Gasteiger partial charge in [0.15, 0.2) is 0 Å². The molecule has 0 saturated heterocycles. The van der Waals surface area contributed by atoms with Gasteiger partial charge in [0, 0.05) is 13.3 Å². The molecule has 0 aliphatic carbocycles. The van der Waals surface area contributed by atoms with Crippen LogP contribution in [-0.2, 0) is 16.7 Å². The predicted molar refractivity (Wildman–Crippen MR) is 52.8 cm³/mol. The Bertz CT molecular complexity index is 260. The van der Waals surface area contributed by atoms with Crippen molar-refractivity contribution in [1.82, 2.24) is 9.78 Å². The molecule has 0 aromatic carbocycles. The second kappa shape index (κ2) is 3.92. The molecule has 0 amide bonds. The largest absolute Gasteiger partial charge is 0.383 e. The van der Waals surface area contributed by atoms with Gasteiger partial charge in [-0.2, -0.15) is 5.10 Å². The molecule has 0 unspecified atom stereocenters. The van der Waals surface area contributed by atoms with Crippen LogP contribution in [-0.4, -0.2) is 23.5 Å². The van der Waals surface area contributed by atoms with Crippen molar-refractivity contribution >= 4 is 0 Å². The molecule has 1 aromatic heterocycles. The lowest BCUT2D eigenvalue weighted by Gasteiger charge is -2.14. The molecule has 0 fully saturated rings. The Balaban J connectivity index is 2.64. The number of rotatable bonds is 3. The van der Waals surface area contributed by atoms with Crippen LogP contribution in [0.15, 0.2) is 12.4 Å². The Morgan fingerprint density at radius 2 is 2.15 bits per heavy atom. The molecule has 0 spiro atoms. The van der Waals surface area contributed by atoms with Crippen LogP contribution < -0.4 is 0 Å². The van der Waals surface area contributed by atoms with E-state index in [1.807, 2.05) is 10.9 Å².